The maximum atomic E-state index is 12.0. The van der Waals surface area contributed by atoms with Crippen molar-refractivity contribution in [2.24, 2.45) is 5.14 Å². The highest BCUT2D eigenvalue weighted by Gasteiger charge is 2.44. The topological polar surface area (TPSA) is 110 Å². The van der Waals surface area contributed by atoms with Crippen LogP contribution in [0, 0.1) is 0 Å². The van der Waals surface area contributed by atoms with E-state index in [-0.39, 0.29) is 24.9 Å². The number of rotatable bonds is 5. The van der Waals surface area contributed by atoms with E-state index < -0.39 is 31.1 Å². The summed E-state index contributed by atoms with van der Waals surface area (Å²) < 4.78 is 29.7. The molecule has 0 saturated carbocycles. The normalized spacial score (nSPS) is 21.6. The summed E-state index contributed by atoms with van der Waals surface area (Å²) in [7, 11) is -2.00. The van der Waals surface area contributed by atoms with Gasteiger partial charge < -0.3 is 23.6 Å². The van der Waals surface area contributed by atoms with Gasteiger partial charge in [0, 0.05) is 0 Å². The van der Waals surface area contributed by atoms with Crippen LogP contribution in [0.1, 0.15) is 45.3 Å². The SMILES string of the molecule is CC1(C)OCC(O)(c2nc(CO[Si](C)(C)C(C)(C)C)c([S+](N)[O-])s2)CO1. The first-order valence-electron chi connectivity index (χ1n) is 8.47. The summed E-state index contributed by atoms with van der Waals surface area (Å²) in [6.07, 6.45) is 0. The van der Waals surface area contributed by atoms with Gasteiger partial charge >= 0.3 is 0 Å². The molecule has 2 heterocycles. The zero-order valence-electron chi connectivity index (χ0n) is 16.5. The highest BCUT2D eigenvalue weighted by atomic mass is 32.2. The number of hydrogen-bond donors (Lipinski definition) is 2. The Kier molecular flexibility index (Phi) is 6.34. The van der Waals surface area contributed by atoms with E-state index in [0.717, 1.165) is 11.3 Å². The Morgan fingerprint density at radius 3 is 2.35 bits per heavy atom. The summed E-state index contributed by atoms with van der Waals surface area (Å²) in [6.45, 7) is 14.6. The van der Waals surface area contributed by atoms with Crippen LogP contribution in [0.2, 0.25) is 18.1 Å². The van der Waals surface area contributed by atoms with Gasteiger partial charge in [-0.05, 0) is 32.0 Å². The second-order valence-electron chi connectivity index (χ2n) is 8.61. The van der Waals surface area contributed by atoms with Crippen LogP contribution in [0.5, 0.6) is 0 Å². The molecule has 0 aliphatic carbocycles. The van der Waals surface area contributed by atoms with Gasteiger partial charge in [-0.3, -0.25) is 0 Å². The molecule has 1 fully saturated rings. The van der Waals surface area contributed by atoms with Crippen molar-refractivity contribution in [2.75, 3.05) is 13.2 Å². The lowest BCUT2D eigenvalue weighted by Crippen LogP contribution is -2.49. The van der Waals surface area contributed by atoms with Gasteiger partial charge in [0.15, 0.2) is 19.7 Å². The van der Waals surface area contributed by atoms with E-state index in [9.17, 15) is 9.66 Å². The minimum Gasteiger partial charge on any atom is -0.592 e. The Morgan fingerprint density at radius 1 is 1.35 bits per heavy atom. The van der Waals surface area contributed by atoms with Crippen molar-refractivity contribution in [1.82, 2.24) is 4.98 Å². The van der Waals surface area contributed by atoms with Crippen LogP contribution in [-0.4, -0.2) is 42.0 Å². The maximum absolute atomic E-state index is 12.0. The Labute approximate surface area is 163 Å². The third kappa shape index (κ3) is 4.86. The Hall–Kier alpha value is -0.0431. The Balaban J connectivity index is 2.23. The molecule has 10 heteroatoms. The van der Waals surface area contributed by atoms with E-state index in [1.165, 1.54) is 0 Å². The number of thiazole rings is 1. The Morgan fingerprint density at radius 2 is 1.88 bits per heavy atom. The second kappa shape index (κ2) is 7.41. The highest BCUT2D eigenvalue weighted by Crippen LogP contribution is 2.39. The summed E-state index contributed by atoms with van der Waals surface area (Å²) in [5.74, 6) is -0.753. The summed E-state index contributed by atoms with van der Waals surface area (Å²) in [6, 6.07) is 0. The summed E-state index contributed by atoms with van der Waals surface area (Å²) >= 11 is -0.588. The van der Waals surface area contributed by atoms with Crippen molar-refractivity contribution in [3.63, 3.8) is 0 Å². The van der Waals surface area contributed by atoms with E-state index in [4.69, 9.17) is 19.0 Å². The third-order valence-electron chi connectivity index (χ3n) is 4.94. The van der Waals surface area contributed by atoms with E-state index in [1.54, 1.807) is 13.8 Å². The molecule has 1 aliphatic rings. The predicted octanol–water partition coefficient (Wildman–Crippen LogP) is 2.62. The molecule has 1 aliphatic heterocycles. The van der Waals surface area contributed by atoms with Gasteiger partial charge in [0.25, 0.3) is 4.21 Å². The summed E-state index contributed by atoms with van der Waals surface area (Å²) in [5, 5.41) is 16.9. The molecule has 7 nitrogen and oxygen atoms in total. The number of ether oxygens (including phenoxy) is 2. The molecule has 26 heavy (non-hydrogen) atoms. The molecule has 2 rings (SSSR count). The molecule has 0 aromatic carbocycles. The molecule has 3 N–H and O–H groups in total. The largest absolute Gasteiger partial charge is 0.592 e. The smallest absolute Gasteiger partial charge is 0.253 e. The van der Waals surface area contributed by atoms with Crippen LogP contribution < -0.4 is 5.14 Å². The molecular formula is C16H30N2O5S2Si. The van der Waals surface area contributed by atoms with Crippen molar-refractivity contribution in [2.45, 2.75) is 75.0 Å². The van der Waals surface area contributed by atoms with Crippen LogP contribution >= 0.6 is 11.3 Å². The first-order chi connectivity index (χ1) is 11.7. The van der Waals surface area contributed by atoms with Gasteiger partial charge in [-0.2, -0.15) is 0 Å². The summed E-state index contributed by atoms with van der Waals surface area (Å²) in [5.41, 5.74) is -0.877. The van der Waals surface area contributed by atoms with Crippen molar-refractivity contribution in [3.8, 4) is 0 Å². The fourth-order valence-corrected chi connectivity index (χ4v) is 4.74. The lowest BCUT2D eigenvalue weighted by molar-refractivity contribution is -0.304. The minimum absolute atomic E-state index is 0.0444. The van der Waals surface area contributed by atoms with Gasteiger partial charge in [-0.25, -0.2) is 4.98 Å². The van der Waals surface area contributed by atoms with Crippen LogP contribution in [0.3, 0.4) is 0 Å². The summed E-state index contributed by atoms with van der Waals surface area (Å²) in [4.78, 5) is 4.49. The number of aliphatic hydroxyl groups is 1. The van der Waals surface area contributed by atoms with E-state index in [2.05, 4.69) is 38.8 Å². The van der Waals surface area contributed by atoms with E-state index in [0.29, 0.717) is 14.9 Å². The molecule has 1 unspecified atom stereocenters. The zero-order chi connectivity index (χ0) is 20.0. The monoisotopic (exact) mass is 422 g/mol. The zero-order valence-corrected chi connectivity index (χ0v) is 19.2. The lowest BCUT2D eigenvalue weighted by Gasteiger charge is -2.39. The van der Waals surface area contributed by atoms with Crippen molar-refractivity contribution >= 4 is 31.0 Å². The molecule has 1 aromatic heterocycles. The predicted molar refractivity (Wildman–Crippen MR) is 105 cm³/mol. The molecular weight excluding hydrogens is 392 g/mol. The number of aromatic nitrogens is 1. The average Bonchev–Trinajstić information content (AvgIpc) is 2.93. The van der Waals surface area contributed by atoms with Crippen LogP contribution in [0.4, 0.5) is 0 Å². The average molecular weight is 423 g/mol. The van der Waals surface area contributed by atoms with Gasteiger partial charge in [0.1, 0.15) is 10.7 Å². The molecule has 1 saturated heterocycles. The number of nitrogens with two attached hydrogens (primary N) is 1. The third-order valence-corrected chi connectivity index (χ3v) is 11.8. The standard InChI is InChI=1S/C16H30N2O5S2Si/c1-14(2,3)26(6,7)23-8-11-12(25(17)20)24-13(18-11)16(19)9-21-15(4,5)22-10-16/h19H,8-10,17H2,1-7H3. The van der Waals surface area contributed by atoms with Gasteiger partial charge in [-0.1, -0.05) is 32.1 Å². The van der Waals surface area contributed by atoms with Gasteiger partial charge in [-0.15, -0.1) is 5.14 Å². The fourth-order valence-electron chi connectivity index (χ4n) is 2.04. The second-order valence-corrected chi connectivity index (χ2v) is 15.7. The molecule has 0 spiro atoms. The van der Waals surface area contributed by atoms with Crippen LogP contribution in [0.15, 0.2) is 4.21 Å². The first-order valence-corrected chi connectivity index (χ1v) is 13.4. The van der Waals surface area contributed by atoms with Crippen LogP contribution in [0.25, 0.3) is 0 Å². The van der Waals surface area contributed by atoms with Crippen molar-refractivity contribution < 1.29 is 23.6 Å². The molecule has 0 amide bonds. The van der Waals surface area contributed by atoms with E-state index >= 15 is 0 Å². The first kappa shape index (κ1) is 22.2. The van der Waals surface area contributed by atoms with Gasteiger partial charge in [0.05, 0.1) is 31.2 Å². The fraction of sp³-hybridized carbons (Fsp3) is 0.812. The number of hydrogen-bond acceptors (Lipinski definition) is 8. The molecule has 0 radical (unpaired) electrons. The quantitative estimate of drug-likeness (QED) is 0.554. The molecule has 1 atom stereocenters. The minimum atomic E-state index is -2.00. The van der Waals surface area contributed by atoms with E-state index in [1.807, 2.05) is 0 Å². The van der Waals surface area contributed by atoms with Crippen molar-refractivity contribution in [3.05, 3.63) is 10.7 Å². The highest BCUT2D eigenvalue weighted by molar-refractivity contribution is 7.91. The lowest BCUT2D eigenvalue weighted by atomic mass is 10.1. The van der Waals surface area contributed by atoms with Crippen molar-refractivity contribution in [1.29, 1.82) is 0 Å². The Bertz CT molecular complexity index is 633. The van der Waals surface area contributed by atoms with Gasteiger partial charge in [0.2, 0.25) is 0 Å². The maximum Gasteiger partial charge on any atom is 0.253 e. The molecule has 0 bridgehead atoms. The molecule has 150 valence electrons. The van der Waals surface area contributed by atoms with Crippen LogP contribution in [-0.2, 0) is 37.5 Å². The molecule has 1 aromatic rings. The number of nitrogens with zero attached hydrogens (tertiary/aromatic N) is 1.